The summed E-state index contributed by atoms with van der Waals surface area (Å²) in [5.74, 6) is -0.322. The summed E-state index contributed by atoms with van der Waals surface area (Å²) in [5.41, 5.74) is 1.53. The standard InChI is InChI=1S/C24H21ClN2O4/c1-27(2)22(28)15-31-19-13-11-18(12-14-19)26-24(30)21-6-4-3-5-20(21)23(29)16-7-9-17(25)10-8-16/h3-14H,15H2,1-2H3,(H,26,30). The fourth-order valence-electron chi connectivity index (χ4n) is 2.74. The van der Waals surface area contributed by atoms with Crippen molar-refractivity contribution in [3.8, 4) is 5.75 Å². The van der Waals surface area contributed by atoms with Crippen molar-refractivity contribution in [2.45, 2.75) is 0 Å². The van der Waals surface area contributed by atoms with Gasteiger partial charge in [-0.05, 0) is 54.6 Å². The SMILES string of the molecule is CN(C)C(=O)COc1ccc(NC(=O)c2ccccc2C(=O)c2ccc(Cl)cc2)cc1. The van der Waals surface area contributed by atoms with Crippen LogP contribution in [0.25, 0.3) is 0 Å². The lowest BCUT2D eigenvalue weighted by Crippen LogP contribution is -2.27. The van der Waals surface area contributed by atoms with E-state index in [1.807, 2.05) is 0 Å². The first kappa shape index (κ1) is 22.1. The molecule has 3 aromatic rings. The molecule has 7 heteroatoms. The van der Waals surface area contributed by atoms with Gasteiger partial charge < -0.3 is 15.0 Å². The number of carbonyl (C=O) groups excluding carboxylic acids is 3. The van der Waals surface area contributed by atoms with Crippen molar-refractivity contribution in [2.75, 3.05) is 26.0 Å². The number of hydrogen-bond donors (Lipinski definition) is 1. The summed E-state index contributed by atoms with van der Waals surface area (Å²) in [5, 5.41) is 3.31. The lowest BCUT2D eigenvalue weighted by molar-refractivity contribution is -0.130. The van der Waals surface area contributed by atoms with E-state index < -0.39 is 5.91 Å². The topological polar surface area (TPSA) is 75.7 Å². The highest BCUT2D eigenvalue weighted by atomic mass is 35.5. The molecule has 31 heavy (non-hydrogen) atoms. The summed E-state index contributed by atoms with van der Waals surface area (Å²) in [7, 11) is 3.31. The Hall–Kier alpha value is -3.64. The van der Waals surface area contributed by atoms with E-state index in [1.165, 1.54) is 4.90 Å². The molecule has 0 heterocycles. The number of nitrogens with zero attached hydrogens (tertiary/aromatic N) is 1. The summed E-state index contributed by atoms with van der Waals surface area (Å²) >= 11 is 5.89. The number of rotatable bonds is 7. The highest BCUT2D eigenvalue weighted by Gasteiger charge is 2.18. The molecule has 0 fully saturated rings. The van der Waals surface area contributed by atoms with Crippen molar-refractivity contribution in [1.29, 1.82) is 0 Å². The van der Waals surface area contributed by atoms with E-state index >= 15 is 0 Å². The molecule has 1 N–H and O–H groups in total. The molecule has 2 amide bonds. The Kier molecular flexibility index (Phi) is 7.05. The minimum absolute atomic E-state index is 0.0705. The first-order valence-corrected chi connectivity index (χ1v) is 9.86. The van der Waals surface area contributed by atoms with Gasteiger partial charge in [-0.25, -0.2) is 0 Å². The number of carbonyl (C=O) groups is 3. The minimum atomic E-state index is -0.408. The number of likely N-dealkylation sites (N-methyl/N-ethyl adjacent to an activating group) is 1. The maximum Gasteiger partial charge on any atom is 0.259 e. The van der Waals surface area contributed by atoms with Crippen molar-refractivity contribution in [3.63, 3.8) is 0 Å². The van der Waals surface area contributed by atoms with Crippen molar-refractivity contribution >= 4 is 34.9 Å². The number of hydrogen-bond acceptors (Lipinski definition) is 4. The monoisotopic (exact) mass is 436 g/mol. The molecule has 0 bridgehead atoms. The van der Waals surface area contributed by atoms with Crippen LogP contribution in [0.1, 0.15) is 26.3 Å². The maximum absolute atomic E-state index is 12.9. The van der Waals surface area contributed by atoms with Crippen LogP contribution in [0.3, 0.4) is 0 Å². The van der Waals surface area contributed by atoms with Crippen molar-refractivity contribution in [3.05, 3.63) is 94.5 Å². The first-order chi connectivity index (χ1) is 14.8. The second-order valence-corrected chi connectivity index (χ2v) is 7.37. The summed E-state index contributed by atoms with van der Waals surface area (Å²) < 4.78 is 5.42. The van der Waals surface area contributed by atoms with Crippen LogP contribution in [0.4, 0.5) is 5.69 Å². The molecule has 0 saturated carbocycles. The fraction of sp³-hybridized carbons (Fsp3) is 0.125. The van der Waals surface area contributed by atoms with Gasteiger partial charge in [0.05, 0.1) is 5.56 Å². The molecule has 0 aliphatic rings. The lowest BCUT2D eigenvalue weighted by Gasteiger charge is -2.12. The van der Waals surface area contributed by atoms with Crippen LogP contribution in [-0.4, -0.2) is 43.2 Å². The van der Waals surface area contributed by atoms with Gasteiger partial charge >= 0.3 is 0 Å². The van der Waals surface area contributed by atoms with Gasteiger partial charge in [0.15, 0.2) is 12.4 Å². The number of benzene rings is 3. The highest BCUT2D eigenvalue weighted by molar-refractivity contribution is 6.30. The van der Waals surface area contributed by atoms with Crippen LogP contribution in [0.5, 0.6) is 5.75 Å². The summed E-state index contributed by atoms with van der Waals surface area (Å²) in [4.78, 5) is 38.8. The van der Waals surface area contributed by atoms with E-state index in [-0.39, 0.29) is 23.9 Å². The maximum atomic E-state index is 12.9. The van der Waals surface area contributed by atoms with Crippen LogP contribution in [0, 0.1) is 0 Å². The summed E-state index contributed by atoms with van der Waals surface area (Å²) in [6, 6.07) is 19.8. The molecule has 0 saturated heterocycles. The molecule has 0 aromatic heterocycles. The second-order valence-electron chi connectivity index (χ2n) is 6.94. The van der Waals surface area contributed by atoms with Crippen LogP contribution in [0.15, 0.2) is 72.8 Å². The summed E-state index contributed by atoms with van der Waals surface area (Å²) in [6.07, 6.45) is 0. The van der Waals surface area contributed by atoms with Gasteiger partial charge in [-0.15, -0.1) is 0 Å². The molecule has 0 aliphatic carbocycles. The van der Waals surface area contributed by atoms with E-state index in [2.05, 4.69) is 5.32 Å². The van der Waals surface area contributed by atoms with Crippen molar-refractivity contribution in [1.82, 2.24) is 4.90 Å². The molecule has 6 nitrogen and oxygen atoms in total. The number of halogens is 1. The second kappa shape index (κ2) is 9.91. The molecule has 158 valence electrons. The Morgan fingerprint density at radius 1 is 0.871 bits per heavy atom. The van der Waals surface area contributed by atoms with Crippen molar-refractivity contribution < 1.29 is 19.1 Å². The quantitative estimate of drug-likeness (QED) is 0.560. The third-order valence-corrected chi connectivity index (χ3v) is 4.75. The van der Waals surface area contributed by atoms with E-state index in [0.717, 1.165) is 0 Å². The van der Waals surface area contributed by atoms with Gasteiger partial charge in [-0.2, -0.15) is 0 Å². The number of nitrogens with one attached hydrogen (secondary N) is 1. The number of amides is 2. The molecular weight excluding hydrogens is 416 g/mol. The Balaban J connectivity index is 1.72. The Morgan fingerprint density at radius 3 is 2.10 bits per heavy atom. The molecule has 0 unspecified atom stereocenters. The third-order valence-electron chi connectivity index (χ3n) is 4.50. The van der Waals surface area contributed by atoms with E-state index in [9.17, 15) is 14.4 Å². The number of ketones is 1. The van der Waals surface area contributed by atoms with Gasteiger partial charge in [0, 0.05) is 35.9 Å². The molecule has 0 radical (unpaired) electrons. The Morgan fingerprint density at radius 2 is 1.48 bits per heavy atom. The molecule has 0 atom stereocenters. The van der Waals surface area contributed by atoms with E-state index in [4.69, 9.17) is 16.3 Å². The van der Waals surface area contributed by atoms with Gasteiger partial charge in [0.2, 0.25) is 0 Å². The van der Waals surface area contributed by atoms with Crippen molar-refractivity contribution in [2.24, 2.45) is 0 Å². The smallest absolute Gasteiger partial charge is 0.259 e. The normalized spacial score (nSPS) is 10.3. The zero-order chi connectivity index (χ0) is 22.4. The number of anilines is 1. The molecule has 0 spiro atoms. The Bertz CT molecular complexity index is 1090. The van der Waals surface area contributed by atoms with Gasteiger partial charge in [0.1, 0.15) is 5.75 Å². The molecule has 3 rings (SSSR count). The van der Waals surface area contributed by atoms with Gasteiger partial charge in [-0.1, -0.05) is 29.8 Å². The average molecular weight is 437 g/mol. The lowest BCUT2D eigenvalue weighted by atomic mass is 9.98. The van der Waals surface area contributed by atoms with Crippen LogP contribution in [0.2, 0.25) is 5.02 Å². The zero-order valence-corrected chi connectivity index (χ0v) is 17.8. The highest BCUT2D eigenvalue weighted by Crippen LogP contribution is 2.20. The predicted molar refractivity (Wildman–Crippen MR) is 120 cm³/mol. The third kappa shape index (κ3) is 5.71. The van der Waals surface area contributed by atoms with Crippen LogP contribution < -0.4 is 10.1 Å². The zero-order valence-electron chi connectivity index (χ0n) is 17.1. The molecule has 3 aromatic carbocycles. The van der Waals surface area contributed by atoms with Gasteiger partial charge in [0.25, 0.3) is 11.8 Å². The minimum Gasteiger partial charge on any atom is -0.484 e. The van der Waals surface area contributed by atoms with Crippen LogP contribution in [-0.2, 0) is 4.79 Å². The fourth-order valence-corrected chi connectivity index (χ4v) is 2.87. The number of ether oxygens (including phenoxy) is 1. The molecule has 0 aliphatic heterocycles. The largest absolute Gasteiger partial charge is 0.484 e. The van der Waals surface area contributed by atoms with E-state index in [1.54, 1.807) is 86.9 Å². The summed E-state index contributed by atoms with van der Waals surface area (Å²) in [6.45, 7) is -0.0705. The Labute approximate surface area is 185 Å². The molecular formula is C24H21ClN2O4. The predicted octanol–water partition coefficient (Wildman–Crippen LogP) is 4.29. The average Bonchev–Trinajstić information content (AvgIpc) is 2.78. The first-order valence-electron chi connectivity index (χ1n) is 9.49. The van der Waals surface area contributed by atoms with Crippen LogP contribution >= 0.6 is 11.6 Å². The van der Waals surface area contributed by atoms with E-state index in [0.29, 0.717) is 27.6 Å². The van der Waals surface area contributed by atoms with Gasteiger partial charge in [-0.3, -0.25) is 14.4 Å².